The number of aromatic nitrogens is 1. The van der Waals surface area contributed by atoms with Gasteiger partial charge in [-0.05, 0) is 13.8 Å². The molecule has 0 spiro atoms. The molecule has 0 aliphatic heterocycles. The molecule has 5 heteroatoms. The Kier molecular flexibility index (Phi) is 4.00. The Morgan fingerprint density at radius 2 is 2.43 bits per heavy atom. The van der Waals surface area contributed by atoms with Crippen LogP contribution >= 0.6 is 11.3 Å². The highest BCUT2D eigenvalue weighted by molar-refractivity contribution is 7.09. The van der Waals surface area contributed by atoms with Crippen LogP contribution in [0.3, 0.4) is 0 Å². The van der Waals surface area contributed by atoms with Crippen molar-refractivity contribution in [3.05, 3.63) is 16.6 Å². The van der Waals surface area contributed by atoms with Crippen LogP contribution in [0.4, 0.5) is 0 Å². The number of thiazole rings is 1. The van der Waals surface area contributed by atoms with E-state index in [9.17, 15) is 5.11 Å². The van der Waals surface area contributed by atoms with E-state index in [0.29, 0.717) is 6.54 Å². The zero-order chi connectivity index (χ0) is 10.6. The predicted octanol–water partition coefficient (Wildman–Crippen LogP) is 0.537. The quantitative estimate of drug-likeness (QED) is 0.672. The molecule has 0 saturated heterocycles. The van der Waals surface area contributed by atoms with Crippen molar-refractivity contribution < 1.29 is 10.2 Å². The van der Waals surface area contributed by atoms with Crippen molar-refractivity contribution >= 4 is 11.3 Å². The monoisotopic (exact) mass is 216 g/mol. The first-order valence-corrected chi connectivity index (χ1v) is 5.39. The summed E-state index contributed by atoms with van der Waals surface area (Å²) in [7, 11) is 0. The number of hydrogen-bond donors (Lipinski definition) is 3. The highest BCUT2D eigenvalue weighted by atomic mass is 32.1. The first kappa shape index (κ1) is 11.6. The third kappa shape index (κ3) is 3.34. The van der Waals surface area contributed by atoms with Crippen LogP contribution in [-0.4, -0.2) is 33.9 Å². The van der Waals surface area contributed by atoms with Gasteiger partial charge >= 0.3 is 0 Å². The third-order valence-corrected chi connectivity index (χ3v) is 2.91. The lowest BCUT2D eigenvalue weighted by Crippen LogP contribution is -2.41. The molecule has 0 aliphatic rings. The van der Waals surface area contributed by atoms with E-state index in [2.05, 4.69) is 10.3 Å². The summed E-state index contributed by atoms with van der Waals surface area (Å²) < 4.78 is 0. The molecule has 0 amide bonds. The minimum atomic E-state index is -1.06. The Bertz CT molecular complexity index is 262. The fourth-order valence-electron chi connectivity index (χ4n) is 0.965. The highest BCUT2D eigenvalue weighted by Gasteiger charge is 2.20. The molecule has 1 aromatic heterocycles. The van der Waals surface area contributed by atoms with Crippen molar-refractivity contribution in [2.75, 3.05) is 13.2 Å². The summed E-state index contributed by atoms with van der Waals surface area (Å²) in [6.45, 7) is 3.68. The largest absolute Gasteiger partial charge is 0.393 e. The molecule has 80 valence electrons. The molecule has 3 N–H and O–H groups in total. The molecule has 0 aliphatic carbocycles. The van der Waals surface area contributed by atoms with Gasteiger partial charge in [0, 0.05) is 18.1 Å². The topological polar surface area (TPSA) is 65.4 Å². The standard InChI is InChI=1S/C9H16N2O2S/c1-7(8-10-3-4-14-8)11-5-9(2,13)6-12/h3-4,7,11-13H,5-6H2,1-2H3. The van der Waals surface area contributed by atoms with Crippen LogP contribution in [0.1, 0.15) is 24.9 Å². The van der Waals surface area contributed by atoms with E-state index < -0.39 is 5.60 Å². The van der Waals surface area contributed by atoms with Crippen molar-refractivity contribution in [1.82, 2.24) is 10.3 Å². The lowest BCUT2D eigenvalue weighted by Gasteiger charge is -2.22. The normalized spacial score (nSPS) is 17.7. The Morgan fingerprint density at radius 3 is 2.93 bits per heavy atom. The van der Waals surface area contributed by atoms with Gasteiger partial charge in [-0.15, -0.1) is 11.3 Å². The van der Waals surface area contributed by atoms with Gasteiger partial charge in [0.2, 0.25) is 0 Å². The van der Waals surface area contributed by atoms with Gasteiger partial charge in [-0.25, -0.2) is 4.98 Å². The van der Waals surface area contributed by atoms with E-state index >= 15 is 0 Å². The first-order valence-electron chi connectivity index (χ1n) is 4.51. The summed E-state index contributed by atoms with van der Waals surface area (Å²) in [4.78, 5) is 4.15. The van der Waals surface area contributed by atoms with E-state index in [1.165, 1.54) is 0 Å². The van der Waals surface area contributed by atoms with Crippen molar-refractivity contribution in [2.45, 2.75) is 25.5 Å². The van der Waals surface area contributed by atoms with E-state index in [1.807, 2.05) is 12.3 Å². The molecule has 1 heterocycles. The summed E-state index contributed by atoms with van der Waals surface area (Å²) in [6, 6.07) is 0.105. The highest BCUT2D eigenvalue weighted by Crippen LogP contribution is 2.15. The van der Waals surface area contributed by atoms with Crippen LogP contribution < -0.4 is 5.32 Å². The molecular weight excluding hydrogens is 200 g/mol. The molecule has 1 aromatic rings. The number of hydrogen-bond acceptors (Lipinski definition) is 5. The molecule has 0 aromatic carbocycles. The van der Waals surface area contributed by atoms with Crippen LogP contribution in [0, 0.1) is 0 Å². The van der Waals surface area contributed by atoms with Gasteiger partial charge in [-0.3, -0.25) is 0 Å². The van der Waals surface area contributed by atoms with E-state index in [4.69, 9.17) is 5.11 Å². The number of aliphatic hydroxyl groups is 2. The second kappa shape index (κ2) is 4.84. The molecule has 1 rings (SSSR count). The maximum absolute atomic E-state index is 9.54. The maximum atomic E-state index is 9.54. The zero-order valence-corrected chi connectivity index (χ0v) is 9.21. The number of nitrogens with one attached hydrogen (secondary N) is 1. The summed E-state index contributed by atoms with van der Waals surface area (Å²) in [5.41, 5.74) is -1.06. The molecule has 14 heavy (non-hydrogen) atoms. The molecular formula is C9H16N2O2S. The van der Waals surface area contributed by atoms with Crippen molar-refractivity contribution in [3.63, 3.8) is 0 Å². The number of nitrogens with zero attached hydrogens (tertiary/aromatic N) is 1. The van der Waals surface area contributed by atoms with E-state index in [1.54, 1.807) is 24.5 Å². The second-order valence-corrected chi connectivity index (χ2v) is 4.55. The van der Waals surface area contributed by atoms with Gasteiger partial charge in [0.15, 0.2) is 0 Å². The molecule has 0 fully saturated rings. The van der Waals surface area contributed by atoms with Crippen LogP contribution in [-0.2, 0) is 0 Å². The summed E-state index contributed by atoms with van der Waals surface area (Å²) in [5, 5.41) is 24.4. The summed E-state index contributed by atoms with van der Waals surface area (Å²) >= 11 is 1.57. The van der Waals surface area contributed by atoms with Crippen LogP contribution in [0.25, 0.3) is 0 Å². The van der Waals surface area contributed by atoms with Gasteiger partial charge in [0.25, 0.3) is 0 Å². The van der Waals surface area contributed by atoms with Gasteiger partial charge in [-0.1, -0.05) is 0 Å². The molecule has 2 unspecified atom stereocenters. The smallest absolute Gasteiger partial charge is 0.109 e. The van der Waals surface area contributed by atoms with E-state index in [0.717, 1.165) is 5.01 Å². The van der Waals surface area contributed by atoms with Crippen molar-refractivity contribution in [3.8, 4) is 0 Å². The molecule has 0 saturated carbocycles. The molecule has 0 bridgehead atoms. The van der Waals surface area contributed by atoms with Crippen LogP contribution in [0.5, 0.6) is 0 Å². The van der Waals surface area contributed by atoms with Gasteiger partial charge in [0.1, 0.15) is 5.01 Å². The van der Waals surface area contributed by atoms with Gasteiger partial charge < -0.3 is 15.5 Å². The minimum Gasteiger partial charge on any atom is -0.393 e. The second-order valence-electron chi connectivity index (χ2n) is 3.63. The maximum Gasteiger partial charge on any atom is 0.109 e. The SMILES string of the molecule is CC(NCC(C)(O)CO)c1nccs1. The van der Waals surface area contributed by atoms with Crippen LogP contribution in [0.15, 0.2) is 11.6 Å². The lowest BCUT2D eigenvalue weighted by atomic mass is 10.1. The third-order valence-electron chi connectivity index (χ3n) is 1.95. The average molecular weight is 216 g/mol. The predicted molar refractivity (Wildman–Crippen MR) is 56.2 cm³/mol. The fourth-order valence-corrected chi connectivity index (χ4v) is 1.63. The zero-order valence-electron chi connectivity index (χ0n) is 8.40. The summed E-state index contributed by atoms with van der Waals surface area (Å²) in [6.07, 6.45) is 1.75. The Morgan fingerprint density at radius 1 is 1.71 bits per heavy atom. The number of aliphatic hydroxyl groups excluding tert-OH is 1. The van der Waals surface area contributed by atoms with Crippen LogP contribution in [0.2, 0.25) is 0 Å². The molecule has 4 nitrogen and oxygen atoms in total. The fraction of sp³-hybridized carbons (Fsp3) is 0.667. The first-order chi connectivity index (χ1) is 6.55. The Balaban J connectivity index is 2.39. The Hall–Kier alpha value is -0.490. The number of rotatable bonds is 5. The van der Waals surface area contributed by atoms with Crippen molar-refractivity contribution in [2.24, 2.45) is 0 Å². The van der Waals surface area contributed by atoms with Gasteiger partial charge in [0.05, 0.1) is 18.2 Å². The molecule has 2 atom stereocenters. The lowest BCUT2D eigenvalue weighted by molar-refractivity contribution is 0.00106. The summed E-state index contributed by atoms with van der Waals surface area (Å²) in [5.74, 6) is 0. The minimum absolute atomic E-state index is 0.105. The van der Waals surface area contributed by atoms with E-state index in [-0.39, 0.29) is 12.6 Å². The van der Waals surface area contributed by atoms with Gasteiger partial charge in [-0.2, -0.15) is 0 Å². The Labute approximate surface area is 87.6 Å². The molecule has 0 radical (unpaired) electrons. The van der Waals surface area contributed by atoms with Crippen molar-refractivity contribution in [1.29, 1.82) is 0 Å². The average Bonchev–Trinajstić information content (AvgIpc) is 2.67.